The van der Waals surface area contributed by atoms with Crippen molar-refractivity contribution < 1.29 is 4.74 Å². The van der Waals surface area contributed by atoms with Crippen LogP contribution in [0.25, 0.3) is 0 Å². The van der Waals surface area contributed by atoms with E-state index in [-0.39, 0.29) is 0 Å². The smallest absolute Gasteiger partial charge is 0.126 e. The minimum absolute atomic E-state index is 0.467. The number of pyridine rings is 1. The molecule has 2 N–H and O–H groups in total. The molecule has 1 aliphatic heterocycles. The second-order valence-electron chi connectivity index (χ2n) is 5.76. The Kier molecular flexibility index (Phi) is 4.87. The first-order valence-electron chi connectivity index (χ1n) is 7.97. The monoisotopic (exact) mass is 275 g/mol. The van der Waals surface area contributed by atoms with Crippen molar-refractivity contribution in [3.63, 3.8) is 0 Å². The molecule has 1 saturated heterocycles. The minimum Gasteiger partial charge on any atom is -0.378 e. The number of piperidine rings is 1. The molecule has 1 aromatic heterocycles. The molecule has 0 amide bonds. The van der Waals surface area contributed by atoms with Gasteiger partial charge in [0, 0.05) is 18.8 Å². The molecule has 2 aliphatic rings. The van der Waals surface area contributed by atoms with Crippen molar-refractivity contribution in [2.24, 2.45) is 0 Å². The Balaban J connectivity index is 1.33. The number of aromatic nitrogens is 1. The highest BCUT2D eigenvalue weighted by Crippen LogP contribution is 2.21. The lowest BCUT2D eigenvalue weighted by molar-refractivity contribution is 0.0329. The topological polar surface area (TPSA) is 46.2 Å². The van der Waals surface area contributed by atoms with Crippen LogP contribution in [0.15, 0.2) is 12.1 Å². The van der Waals surface area contributed by atoms with Gasteiger partial charge < -0.3 is 15.4 Å². The van der Waals surface area contributed by atoms with E-state index in [0.29, 0.717) is 6.10 Å². The van der Waals surface area contributed by atoms with Crippen molar-refractivity contribution in [1.82, 2.24) is 10.3 Å². The predicted molar refractivity (Wildman–Crippen MR) is 81.2 cm³/mol. The van der Waals surface area contributed by atoms with Crippen LogP contribution < -0.4 is 10.6 Å². The Morgan fingerprint density at radius 3 is 3.05 bits per heavy atom. The fraction of sp³-hybridized carbons (Fsp3) is 0.688. The number of anilines is 1. The highest BCUT2D eigenvalue weighted by Gasteiger charge is 2.13. The van der Waals surface area contributed by atoms with Crippen LogP contribution in [0, 0.1) is 0 Å². The summed E-state index contributed by atoms with van der Waals surface area (Å²) >= 11 is 0. The number of nitrogens with one attached hydrogen (secondary N) is 2. The Morgan fingerprint density at radius 1 is 1.25 bits per heavy atom. The predicted octanol–water partition coefficient (Wildman–Crippen LogP) is 2.14. The van der Waals surface area contributed by atoms with Gasteiger partial charge in [-0.25, -0.2) is 4.98 Å². The molecule has 20 heavy (non-hydrogen) atoms. The number of ether oxygens (including phenoxy) is 1. The lowest BCUT2D eigenvalue weighted by atomic mass is 10.1. The molecule has 1 aliphatic carbocycles. The first-order valence-corrected chi connectivity index (χ1v) is 7.97. The van der Waals surface area contributed by atoms with Crippen LogP contribution in [0.1, 0.15) is 36.9 Å². The third-order valence-corrected chi connectivity index (χ3v) is 4.20. The van der Waals surface area contributed by atoms with E-state index in [1.54, 1.807) is 0 Å². The van der Waals surface area contributed by atoms with Crippen LogP contribution in [0.5, 0.6) is 0 Å². The van der Waals surface area contributed by atoms with Crippen molar-refractivity contribution >= 4 is 5.82 Å². The minimum atomic E-state index is 0.467. The molecule has 0 saturated carbocycles. The van der Waals surface area contributed by atoms with E-state index in [1.165, 1.54) is 24.1 Å². The Bertz CT molecular complexity index is 430. The summed E-state index contributed by atoms with van der Waals surface area (Å²) in [5.41, 5.74) is 2.73. The van der Waals surface area contributed by atoms with Gasteiger partial charge in [0.25, 0.3) is 0 Å². The normalized spacial score (nSPS) is 19.0. The van der Waals surface area contributed by atoms with Gasteiger partial charge in [0.2, 0.25) is 0 Å². The standard InChI is InChI=1S/C16H25N3O/c1-3-13-5-6-16(19-15(13)4-1)18-9-2-12-20-14-7-10-17-11-8-14/h5-6,14,17H,1-4,7-12H2,(H,18,19). The molecule has 0 spiro atoms. The first kappa shape index (κ1) is 13.8. The quantitative estimate of drug-likeness (QED) is 0.781. The van der Waals surface area contributed by atoms with Crippen LogP contribution in [0.2, 0.25) is 0 Å². The van der Waals surface area contributed by atoms with Crippen LogP contribution in [0.4, 0.5) is 5.82 Å². The summed E-state index contributed by atoms with van der Waals surface area (Å²) in [4.78, 5) is 4.68. The molecule has 1 aromatic rings. The number of rotatable bonds is 6. The average molecular weight is 275 g/mol. The van der Waals surface area contributed by atoms with Crippen LogP contribution in [0.3, 0.4) is 0 Å². The molecule has 4 heteroatoms. The van der Waals surface area contributed by atoms with E-state index >= 15 is 0 Å². The van der Waals surface area contributed by atoms with E-state index in [0.717, 1.165) is 57.7 Å². The van der Waals surface area contributed by atoms with Crippen molar-refractivity contribution in [1.29, 1.82) is 0 Å². The number of fused-ring (bicyclic) bond motifs is 1. The zero-order valence-corrected chi connectivity index (χ0v) is 12.2. The van der Waals surface area contributed by atoms with Gasteiger partial charge in [0.1, 0.15) is 5.82 Å². The van der Waals surface area contributed by atoms with Gasteiger partial charge in [-0.1, -0.05) is 6.07 Å². The van der Waals surface area contributed by atoms with Crippen molar-refractivity contribution in [3.8, 4) is 0 Å². The molecule has 0 aromatic carbocycles. The molecule has 110 valence electrons. The van der Waals surface area contributed by atoms with Gasteiger partial charge >= 0.3 is 0 Å². The maximum Gasteiger partial charge on any atom is 0.126 e. The second kappa shape index (κ2) is 7.04. The summed E-state index contributed by atoms with van der Waals surface area (Å²) in [6.07, 6.45) is 7.42. The SMILES string of the molecule is c1cc2c(nc1NCCCOC1CCNCC1)CCC2. The number of hydrogen-bond donors (Lipinski definition) is 2. The van der Waals surface area contributed by atoms with E-state index in [4.69, 9.17) is 4.74 Å². The van der Waals surface area contributed by atoms with E-state index in [2.05, 4.69) is 27.8 Å². The van der Waals surface area contributed by atoms with Crippen molar-refractivity contribution in [2.75, 3.05) is 31.6 Å². The molecule has 0 bridgehead atoms. The van der Waals surface area contributed by atoms with E-state index in [9.17, 15) is 0 Å². The summed E-state index contributed by atoms with van der Waals surface area (Å²) in [5.74, 6) is 1.02. The molecule has 0 radical (unpaired) electrons. The van der Waals surface area contributed by atoms with E-state index < -0.39 is 0 Å². The van der Waals surface area contributed by atoms with E-state index in [1.807, 2.05) is 0 Å². The second-order valence-corrected chi connectivity index (χ2v) is 5.76. The summed E-state index contributed by atoms with van der Waals surface area (Å²) in [5, 5.41) is 6.77. The fourth-order valence-corrected chi connectivity index (χ4v) is 3.02. The summed E-state index contributed by atoms with van der Waals surface area (Å²) < 4.78 is 5.89. The van der Waals surface area contributed by atoms with Crippen LogP contribution in [-0.4, -0.2) is 37.3 Å². The molecular formula is C16H25N3O. The fourth-order valence-electron chi connectivity index (χ4n) is 3.02. The lowest BCUT2D eigenvalue weighted by Crippen LogP contribution is -2.32. The van der Waals surface area contributed by atoms with Gasteiger partial charge in [-0.2, -0.15) is 0 Å². The van der Waals surface area contributed by atoms with Gasteiger partial charge in [-0.15, -0.1) is 0 Å². The Labute approximate surface area is 121 Å². The number of aryl methyl sites for hydroxylation is 2. The van der Waals surface area contributed by atoms with Crippen molar-refractivity contribution in [2.45, 2.75) is 44.6 Å². The number of hydrogen-bond acceptors (Lipinski definition) is 4. The summed E-state index contributed by atoms with van der Waals surface area (Å²) in [6, 6.07) is 4.33. The van der Waals surface area contributed by atoms with Gasteiger partial charge in [0.15, 0.2) is 0 Å². The molecule has 0 atom stereocenters. The highest BCUT2D eigenvalue weighted by atomic mass is 16.5. The summed E-state index contributed by atoms with van der Waals surface area (Å²) in [7, 11) is 0. The van der Waals surface area contributed by atoms with Gasteiger partial charge in [-0.3, -0.25) is 0 Å². The molecule has 4 nitrogen and oxygen atoms in total. The molecule has 2 heterocycles. The Morgan fingerprint density at radius 2 is 2.15 bits per heavy atom. The zero-order chi connectivity index (χ0) is 13.6. The van der Waals surface area contributed by atoms with Gasteiger partial charge in [-0.05, 0) is 63.2 Å². The third-order valence-electron chi connectivity index (χ3n) is 4.20. The first-order chi connectivity index (χ1) is 9.92. The number of nitrogens with zero attached hydrogens (tertiary/aromatic N) is 1. The van der Waals surface area contributed by atoms with Crippen LogP contribution in [-0.2, 0) is 17.6 Å². The maximum absolute atomic E-state index is 5.89. The highest BCUT2D eigenvalue weighted by molar-refractivity contribution is 5.40. The van der Waals surface area contributed by atoms with Crippen molar-refractivity contribution in [3.05, 3.63) is 23.4 Å². The molecular weight excluding hydrogens is 250 g/mol. The van der Waals surface area contributed by atoms with Crippen LogP contribution >= 0.6 is 0 Å². The lowest BCUT2D eigenvalue weighted by Gasteiger charge is -2.22. The summed E-state index contributed by atoms with van der Waals surface area (Å²) in [6.45, 7) is 3.99. The molecule has 1 fully saturated rings. The molecule has 3 rings (SSSR count). The van der Waals surface area contributed by atoms with Gasteiger partial charge in [0.05, 0.1) is 6.10 Å². The maximum atomic E-state index is 5.89. The average Bonchev–Trinajstić information content (AvgIpc) is 2.95. The zero-order valence-electron chi connectivity index (χ0n) is 12.2. The molecule has 0 unspecified atom stereocenters. The Hall–Kier alpha value is -1.13. The largest absolute Gasteiger partial charge is 0.378 e. The third kappa shape index (κ3) is 3.70.